The molecule has 1 N–H and O–H groups in total. The van der Waals surface area contributed by atoms with Crippen molar-refractivity contribution in [3.63, 3.8) is 0 Å². The summed E-state index contributed by atoms with van der Waals surface area (Å²) >= 11 is 0. The summed E-state index contributed by atoms with van der Waals surface area (Å²) < 4.78 is 56.8. The Kier molecular flexibility index (Phi) is 11.4. The van der Waals surface area contributed by atoms with E-state index < -0.39 is 41.0 Å². The molecule has 30 heavy (non-hydrogen) atoms. The van der Waals surface area contributed by atoms with E-state index in [0.29, 0.717) is 24.6 Å². The first-order valence-electron chi connectivity index (χ1n) is 10.5. The van der Waals surface area contributed by atoms with E-state index in [-0.39, 0.29) is 6.61 Å². The maximum atomic E-state index is 13.4. The lowest BCUT2D eigenvalue weighted by molar-refractivity contribution is -0.145. The van der Waals surface area contributed by atoms with Crippen molar-refractivity contribution >= 4 is 11.9 Å². The molecule has 8 heteroatoms. The molecule has 0 aromatic heterocycles. The number of halogens is 4. The van der Waals surface area contributed by atoms with E-state index >= 15 is 0 Å². The highest BCUT2D eigenvalue weighted by Crippen LogP contribution is 2.30. The van der Waals surface area contributed by atoms with Crippen molar-refractivity contribution in [2.24, 2.45) is 0 Å². The Balaban J connectivity index is 2.32. The molecular weight excluding hydrogens is 402 g/mol. The van der Waals surface area contributed by atoms with Crippen LogP contribution in [0.3, 0.4) is 0 Å². The largest absolute Gasteiger partial charge is 0.464 e. The van der Waals surface area contributed by atoms with Crippen molar-refractivity contribution in [1.82, 2.24) is 5.32 Å². The van der Waals surface area contributed by atoms with Crippen molar-refractivity contribution in [1.29, 1.82) is 0 Å². The zero-order valence-electron chi connectivity index (χ0n) is 17.6. The molecule has 1 aromatic rings. The molecule has 1 amide bonds. The fourth-order valence-corrected chi connectivity index (χ4v) is 2.93. The Hall–Kier alpha value is -2.12. The second-order valence-corrected chi connectivity index (χ2v) is 7.42. The van der Waals surface area contributed by atoms with Gasteiger partial charge in [0.25, 0.3) is 5.91 Å². The van der Waals surface area contributed by atoms with Crippen molar-refractivity contribution in [2.75, 3.05) is 6.61 Å². The fraction of sp³-hybridized carbons (Fsp3) is 0.636. The van der Waals surface area contributed by atoms with Gasteiger partial charge in [-0.15, -0.1) is 0 Å². The number of ether oxygens (including phenoxy) is 1. The van der Waals surface area contributed by atoms with E-state index in [1.165, 1.54) is 39.0 Å². The van der Waals surface area contributed by atoms with Gasteiger partial charge >= 0.3 is 12.1 Å². The number of alkyl halides is 3. The van der Waals surface area contributed by atoms with Crippen LogP contribution < -0.4 is 5.32 Å². The number of benzene rings is 1. The van der Waals surface area contributed by atoms with Gasteiger partial charge in [-0.1, -0.05) is 58.3 Å². The topological polar surface area (TPSA) is 55.4 Å². The maximum Gasteiger partial charge on any atom is 0.416 e. The summed E-state index contributed by atoms with van der Waals surface area (Å²) in [5.74, 6) is -2.85. The minimum atomic E-state index is -4.78. The first-order chi connectivity index (χ1) is 14.1. The predicted octanol–water partition coefficient (Wildman–Crippen LogP) is 6.04. The maximum absolute atomic E-state index is 13.4. The number of hydrogen-bond acceptors (Lipinski definition) is 3. The van der Waals surface area contributed by atoms with Crippen LogP contribution in [-0.4, -0.2) is 24.5 Å². The van der Waals surface area contributed by atoms with Crippen LogP contribution in [-0.2, 0) is 15.7 Å². The summed E-state index contributed by atoms with van der Waals surface area (Å²) in [6.45, 7) is 3.76. The number of unbranched alkanes of at least 4 members (excludes halogenated alkanes) is 8. The summed E-state index contributed by atoms with van der Waals surface area (Å²) in [6.07, 6.45) is 5.30. The van der Waals surface area contributed by atoms with Crippen LogP contribution in [0.1, 0.15) is 87.6 Å². The van der Waals surface area contributed by atoms with Crippen molar-refractivity contribution < 1.29 is 31.9 Å². The average Bonchev–Trinajstić information content (AvgIpc) is 2.68. The number of nitrogens with one attached hydrogen (secondary N) is 1. The number of hydrogen-bond donors (Lipinski definition) is 1. The number of rotatable bonds is 13. The number of amides is 1. The molecule has 170 valence electrons. The van der Waals surface area contributed by atoms with Crippen molar-refractivity contribution in [2.45, 2.75) is 83.9 Å². The molecule has 0 saturated carbocycles. The Morgan fingerprint density at radius 2 is 1.53 bits per heavy atom. The Morgan fingerprint density at radius 3 is 2.10 bits per heavy atom. The van der Waals surface area contributed by atoms with Crippen LogP contribution in [0.25, 0.3) is 0 Å². The van der Waals surface area contributed by atoms with E-state index in [1.54, 1.807) is 0 Å². The summed E-state index contributed by atoms with van der Waals surface area (Å²) in [7, 11) is 0. The Labute approximate surface area is 175 Å². The van der Waals surface area contributed by atoms with Gasteiger partial charge in [-0.25, -0.2) is 9.18 Å². The van der Waals surface area contributed by atoms with E-state index in [4.69, 9.17) is 4.74 Å². The van der Waals surface area contributed by atoms with Gasteiger partial charge in [0.15, 0.2) is 0 Å². The second kappa shape index (κ2) is 13.2. The van der Waals surface area contributed by atoms with Crippen LogP contribution in [0.2, 0.25) is 0 Å². The minimum Gasteiger partial charge on any atom is -0.464 e. The van der Waals surface area contributed by atoms with Crippen molar-refractivity contribution in [3.05, 3.63) is 35.1 Å². The van der Waals surface area contributed by atoms with Crippen LogP contribution >= 0.6 is 0 Å². The molecular formula is C22H31F4NO3. The summed E-state index contributed by atoms with van der Waals surface area (Å²) in [4.78, 5) is 24.0. The van der Waals surface area contributed by atoms with Crippen LogP contribution in [0.4, 0.5) is 17.6 Å². The summed E-state index contributed by atoms with van der Waals surface area (Å²) in [5, 5.41) is 2.24. The lowest BCUT2D eigenvalue weighted by Crippen LogP contribution is -2.39. The monoisotopic (exact) mass is 433 g/mol. The highest BCUT2D eigenvalue weighted by Gasteiger charge is 2.32. The molecule has 0 aliphatic rings. The normalized spacial score (nSPS) is 12.5. The minimum absolute atomic E-state index is 0.215. The Morgan fingerprint density at radius 1 is 0.967 bits per heavy atom. The molecule has 0 radical (unpaired) electrons. The third-order valence-electron chi connectivity index (χ3n) is 4.68. The smallest absolute Gasteiger partial charge is 0.416 e. The summed E-state index contributed by atoms with van der Waals surface area (Å²) in [5.41, 5.74) is -1.78. The first kappa shape index (κ1) is 25.9. The van der Waals surface area contributed by atoms with E-state index in [2.05, 4.69) is 12.2 Å². The molecule has 1 unspecified atom stereocenters. The van der Waals surface area contributed by atoms with E-state index in [0.717, 1.165) is 19.3 Å². The fourth-order valence-electron chi connectivity index (χ4n) is 2.93. The van der Waals surface area contributed by atoms with Crippen molar-refractivity contribution in [3.8, 4) is 0 Å². The molecule has 0 saturated heterocycles. The molecule has 0 aliphatic heterocycles. The molecule has 0 bridgehead atoms. The highest BCUT2D eigenvalue weighted by molar-refractivity contribution is 5.96. The third-order valence-corrected chi connectivity index (χ3v) is 4.68. The zero-order valence-corrected chi connectivity index (χ0v) is 17.6. The molecule has 4 nitrogen and oxygen atoms in total. The molecule has 0 aliphatic carbocycles. The van der Waals surface area contributed by atoms with Crippen LogP contribution in [0, 0.1) is 5.82 Å². The van der Waals surface area contributed by atoms with Crippen LogP contribution in [0.15, 0.2) is 18.2 Å². The molecule has 0 fully saturated rings. The molecule has 1 atom stereocenters. The van der Waals surface area contributed by atoms with E-state index in [1.807, 2.05) is 0 Å². The van der Waals surface area contributed by atoms with Gasteiger partial charge in [-0.2, -0.15) is 13.2 Å². The zero-order chi connectivity index (χ0) is 22.6. The van der Waals surface area contributed by atoms with Gasteiger partial charge in [0, 0.05) is 5.56 Å². The molecule has 0 spiro atoms. The quantitative estimate of drug-likeness (QED) is 0.235. The van der Waals surface area contributed by atoms with Gasteiger partial charge in [0.2, 0.25) is 0 Å². The molecule has 1 aromatic carbocycles. The SMILES string of the molecule is CCCCCCCCCCCOC(=O)C(C)NC(=O)c1cc(F)cc(C(F)(F)F)c1. The lowest BCUT2D eigenvalue weighted by atomic mass is 10.1. The summed E-state index contributed by atoms with van der Waals surface area (Å²) in [6, 6.07) is 0.470. The standard InChI is InChI=1S/C22H31F4NO3/c1-3-4-5-6-7-8-9-10-11-12-30-21(29)16(2)27-20(28)17-13-18(22(24,25)26)15-19(23)14-17/h13-16H,3-12H2,1-2H3,(H,27,28). The van der Waals surface area contributed by atoms with Crippen LogP contribution in [0.5, 0.6) is 0 Å². The predicted molar refractivity (Wildman–Crippen MR) is 107 cm³/mol. The Bertz CT molecular complexity index is 677. The lowest BCUT2D eigenvalue weighted by Gasteiger charge is -2.14. The third kappa shape index (κ3) is 10.1. The van der Waals surface area contributed by atoms with Gasteiger partial charge in [0.05, 0.1) is 12.2 Å². The van der Waals surface area contributed by atoms with Gasteiger partial charge in [0.1, 0.15) is 11.9 Å². The van der Waals surface area contributed by atoms with Gasteiger partial charge in [-0.05, 0) is 31.5 Å². The average molecular weight is 433 g/mol. The van der Waals surface area contributed by atoms with Gasteiger partial charge < -0.3 is 10.1 Å². The highest BCUT2D eigenvalue weighted by atomic mass is 19.4. The molecule has 1 rings (SSSR count). The number of carbonyl (C=O) groups is 2. The number of carbonyl (C=O) groups excluding carboxylic acids is 2. The van der Waals surface area contributed by atoms with Gasteiger partial charge in [-0.3, -0.25) is 4.79 Å². The van der Waals surface area contributed by atoms with E-state index in [9.17, 15) is 27.2 Å². The first-order valence-corrected chi connectivity index (χ1v) is 10.5. The molecule has 0 heterocycles. The second-order valence-electron chi connectivity index (χ2n) is 7.42. The number of esters is 1.